The molecule has 0 saturated heterocycles. The lowest BCUT2D eigenvalue weighted by Gasteiger charge is -2.02. The molecule has 0 heterocycles. The third kappa shape index (κ3) is 12.5. The predicted molar refractivity (Wildman–Crippen MR) is 76.9 cm³/mol. The maximum atomic E-state index is 11.3. The highest BCUT2D eigenvalue weighted by molar-refractivity contribution is 5.83. The second kappa shape index (κ2) is 10.2. The molecule has 19 heavy (non-hydrogen) atoms. The Bertz CT molecular complexity index is 320. The second-order valence-corrected chi connectivity index (χ2v) is 4.75. The Balaban J connectivity index is 3.55. The van der Waals surface area contributed by atoms with Crippen molar-refractivity contribution in [3.63, 3.8) is 0 Å². The van der Waals surface area contributed by atoms with Crippen molar-refractivity contribution in [3.05, 3.63) is 0 Å². The van der Waals surface area contributed by atoms with Crippen LogP contribution < -0.4 is 10.9 Å². The summed E-state index contributed by atoms with van der Waals surface area (Å²) in [5.74, 6) is -0.172. The lowest BCUT2D eigenvalue weighted by molar-refractivity contribution is -0.121. The monoisotopic (exact) mass is 268 g/mol. The molecule has 0 rings (SSSR count). The number of carbonyl (C=O) groups excluding carboxylic acids is 2. The smallest absolute Gasteiger partial charge is 0.240 e. The summed E-state index contributed by atoms with van der Waals surface area (Å²) in [6.45, 7) is 7.28. The van der Waals surface area contributed by atoms with Gasteiger partial charge in [0.1, 0.15) is 0 Å². The van der Waals surface area contributed by atoms with Crippen LogP contribution >= 0.6 is 0 Å². The van der Waals surface area contributed by atoms with Crippen LogP contribution in [0.25, 0.3) is 0 Å². The van der Waals surface area contributed by atoms with Crippen LogP contribution in [0.4, 0.5) is 0 Å². The molecule has 0 atom stereocenters. The predicted octanol–water partition coefficient (Wildman–Crippen LogP) is 1.96. The number of unbranched alkanes of at least 4 members (excludes halogenated alkanes) is 2. The number of hydrazone groups is 2. The van der Waals surface area contributed by atoms with Crippen LogP contribution in [0, 0.1) is 0 Å². The molecule has 0 fully saturated rings. The summed E-state index contributed by atoms with van der Waals surface area (Å²) < 4.78 is 0. The molecule has 0 aromatic rings. The van der Waals surface area contributed by atoms with Gasteiger partial charge in [0.15, 0.2) is 0 Å². The Morgan fingerprint density at radius 3 is 1.42 bits per heavy atom. The zero-order chi connectivity index (χ0) is 14.7. The maximum absolute atomic E-state index is 11.3. The van der Waals surface area contributed by atoms with Crippen molar-refractivity contribution in [1.29, 1.82) is 0 Å². The van der Waals surface area contributed by atoms with Crippen molar-refractivity contribution in [2.75, 3.05) is 0 Å². The van der Waals surface area contributed by atoms with E-state index in [-0.39, 0.29) is 11.8 Å². The van der Waals surface area contributed by atoms with Gasteiger partial charge in [-0.15, -0.1) is 0 Å². The highest BCUT2D eigenvalue weighted by atomic mass is 16.2. The molecular weight excluding hydrogens is 244 g/mol. The molecule has 6 heteroatoms. The number of carbonyl (C=O) groups is 2. The highest BCUT2D eigenvalue weighted by Crippen LogP contribution is 2.03. The van der Waals surface area contributed by atoms with Gasteiger partial charge in [-0.2, -0.15) is 10.2 Å². The minimum Gasteiger partial charge on any atom is -0.273 e. The first-order chi connectivity index (χ1) is 8.91. The van der Waals surface area contributed by atoms with Crippen molar-refractivity contribution >= 4 is 23.2 Å². The molecule has 6 nitrogen and oxygen atoms in total. The van der Waals surface area contributed by atoms with Crippen LogP contribution in [-0.4, -0.2) is 23.2 Å². The van der Waals surface area contributed by atoms with Crippen LogP contribution in [0.5, 0.6) is 0 Å². The first kappa shape index (κ1) is 17.3. The van der Waals surface area contributed by atoms with E-state index < -0.39 is 0 Å². The van der Waals surface area contributed by atoms with Gasteiger partial charge in [-0.05, 0) is 40.5 Å². The molecule has 0 saturated carbocycles. The number of hydrogen-bond donors (Lipinski definition) is 2. The molecular formula is C13H24N4O2. The fraction of sp³-hybridized carbons (Fsp3) is 0.692. The van der Waals surface area contributed by atoms with Crippen molar-refractivity contribution in [2.24, 2.45) is 10.2 Å². The van der Waals surface area contributed by atoms with Gasteiger partial charge in [-0.3, -0.25) is 9.59 Å². The largest absolute Gasteiger partial charge is 0.273 e. The number of nitrogens with one attached hydrogen (secondary N) is 2. The minimum absolute atomic E-state index is 0.0862. The van der Waals surface area contributed by atoms with E-state index in [4.69, 9.17) is 0 Å². The Kier molecular flexibility index (Phi) is 9.30. The molecule has 2 N–H and O–H groups in total. The average Bonchev–Trinajstić information content (AvgIpc) is 2.33. The van der Waals surface area contributed by atoms with Gasteiger partial charge in [0, 0.05) is 24.3 Å². The van der Waals surface area contributed by atoms with Crippen molar-refractivity contribution in [2.45, 2.75) is 59.8 Å². The van der Waals surface area contributed by atoms with Crippen molar-refractivity contribution < 1.29 is 9.59 Å². The second-order valence-electron chi connectivity index (χ2n) is 4.75. The zero-order valence-corrected chi connectivity index (χ0v) is 12.2. The van der Waals surface area contributed by atoms with Crippen molar-refractivity contribution in [3.8, 4) is 0 Å². The van der Waals surface area contributed by atoms with Gasteiger partial charge in [0.25, 0.3) is 0 Å². The molecule has 0 aromatic carbocycles. The zero-order valence-electron chi connectivity index (χ0n) is 12.2. The number of rotatable bonds is 8. The van der Waals surface area contributed by atoms with Crippen LogP contribution in [0.1, 0.15) is 59.8 Å². The number of nitrogens with zero attached hydrogens (tertiary/aromatic N) is 2. The molecule has 0 aliphatic heterocycles. The molecule has 0 aromatic heterocycles. The van der Waals surface area contributed by atoms with E-state index in [0.717, 1.165) is 30.7 Å². The number of amides is 2. The van der Waals surface area contributed by atoms with E-state index in [1.54, 1.807) is 0 Å². The quantitative estimate of drug-likeness (QED) is 0.401. The third-order valence-corrected chi connectivity index (χ3v) is 2.12. The Labute approximate surface area is 114 Å². The first-order valence-corrected chi connectivity index (χ1v) is 6.51. The molecule has 0 spiro atoms. The molecule has 2 amide bonds. The van der Waals surface area contributed by atoms with Crippen molar-refractivity contribution in [1.82, 2.24) is 10.9 Å². The fourth-order valence-electron chi connectivity index (χ4n) is 1.21. The van der Waals surface area contributed by atoms with Gasteiger partial charge in [-0.1, -0.05) is 6.42 Å². The molecule has 0 radical (unpaired) electrons. The molecule has 0 bridgehead atoms. The molecule has 0 aliphatic rings. The lowest BCUT2D eigenvalue weighted by atomic mass is 10.1. The topological polar surface area (TPSA) is 82.9 Å². The standard InChI is InChI=1S/C13H24N4O2/c1-10(2)14-16-12(18)8-6-5-7-9-13(19)17-15-11(3)4/h5-9H2,1-4H3,(H,16,18)(H,17,19). The fourth-order valence-corrected chi connectivity index (χ4v) is 1.21. The van der Waals surface area contributed by atoms with E-state index in [1.165, 1.54) is 0 Å². The molecule has 108 valence electrons. The summed E-state index contributed by atoms with van der Waals surface area (Å²) in [6.07, 6.45) is 3.22. The van der Waals surface area contributed by atoms with Crippen LogP contribution in [0.15, 0.2) is 10.2 Å². The van der Waals surface area contributed by atoms with E-state index in [9.17, 15) is 9.59 Å². The van der Waals surface area contributed by atoms with Gasteiger partial charge < -0.3 is 0 Å². The molecule has 0 aliphatic carbocycles. The Morgan fingerprint density at radius 1 is 0.737 bits per heavy atom. The summed E-state index contributed by atoms with van der Waals surface area (Å²) in [5.41, 5.74) is 6.57. The van der Waals surface area contributed by atoms with Gasteiger partial charge >= 0.3 is 0 Å². The van der Waals surface area contributed by atoms with E-state index in [2.05, 4.69) is 21.1 Å². The Hall–Kier alpha value is -1.72. The summed E-state index contributed by atoms with van der Waals surface area (Å²) >= 11 is 0. The Morgan fingerprint density at radius 2 is 1.11 bits per heavy atom. The van der Waals surface area contributed by atoms with E-state index in [0.29, 0.717) is 12.8 Å². The van der Waals surface area contributed by atoms with Crippen LogP contribution in [0.3, 0.4) is 0 Å². The SMILES string of the molecule is CC(C)=NNC(=O)CCCCCC(=O)NN=C(C)C. The summed E-state index contributed by atoms with van der Waals surface area (Å²) in [6, 6.07) is 0. The normalized spacial score (nSPS) is 9.47. The van der Waals surface area contributed by atoms with Gasteiger partial charge in [0.05, 0.1) is 0 Å². The van der Waals surface area contributed by atoms with E-state index >= 15 is 0 Å². The van der Waals surface area contributed by atoms with Gasteiger partial charge in [-0.25, -0.2) is 10.9 Å². The lowest BCUT2D eigenvalue weighted by Crippen LogP contribution is -2.18. The van der Waals surface area contributed by atoms with Crippen LogP contribution in [0.2, 0.25) is 0 Å². The highest BCUT2D eigenvalue weighted by Gasteiger charge is 2.02. The minimum atomic E-state index is -0.0862. The maximum Gasteiger partial charge on any atom is 0.240 e. The molecule has 0 unspecified atom stereocenters. The van der Waals surface area contributed by atoms with Gasteiger partial charge in [0.2, 0.25) is 11.8 Å². The summed E-state index contributed by atoms with van der Waals surface area (Å²) in [4.78, 5) is 22.6. The first-order valence-electron chi connectivity index (χ1n) is 6.51. The van der Waals surface area contributed by atoms with Crippen LogP contribution in [-0.2, 0) is 9.59 Å². The third-order valence-electron chi connectivity index (χ3n) is 2.12. The number of hydrogen-bond acceptors (Lipinski definition) is 4. The summed E-state index contributed by atoms with van der Waals surface area (Å²) in [5, 5.41) is 7.66. The average molecular weight is 268 g/mol. The summed E-state index contributed by atoms with van der Waals surface area (Å²) in [7, 11) is 0. The van der Waals surface area contributed by atoms with E-state index in [1.807, 2.05) is 27.7 Å².